The van der Waals surface area contributed by atoms with Gasteiger partial charge in [0.1, 0.15) is 23.0 Å². The van der Waals surface area contributed by atoms with Crippen molar-refractivity contribution >= 4 is 66.4 Å². The molecule has 9 aromatic carbocycles. The molecule has 0 fully saturated rings. The number of hydrogen-bond donors (Lipinski definition) is 0. The fraction of sp³-hybridized carbons (Fsp3) is 0.0959. The lowest BCUT2D eigenvalue weighted by molar-refractivity contribution is 0.270. The van der Waals surface area contributed by atoms with Crippen molar-refractivity contribution in [3.05, 3.63) is 272 Å². The smallest absolute Gasteiger partial charge is 0.143 e. The number of hydrogen-bond acceptors (Lipinski definition) is 3. The highest BCUT2D eigenvalue weighted by atomic mass is 16.5. The molecule has 2 aliphatic heterocycles. The van der Waals surface area contributed by atoms with Crippen molar-refractivity contribution in [2.75, 3.05) is 4.90 Å². The van der Waals surface area contributed by atoms with Crippen LogP contribution in [0.25, 0.3) is 99.5 Å². The van der Waals surface area contributed by atoms with Crippen LogP contribution in [0.5, 0.6) is 5.75 Å². The Morgan fingerprint density at radius 2 is 1.16 bits per heavy atom. The Morgan fingerprint density at radius 1 is 0.506 bits per heavy atom. The van der Waals surface area contributed by atoms with E-state index in [9.17, 15) is 0 Å². The molecule has 4 heteroatoms. The van der Waals surface area contributed by atoms with E-state index in [-0.39, 0.29) is 29.9 Å². The summed E-state index contributed by atoms with van der Waals surface area (Å²) in [5, 5.41) is 4.82. The van der Waals surface area contributed by atoms with Gasteiger partial charge in [-0.1, -0.05) is 213 Å². The van der Waals surface area contributed by atoms with Crippen LogP contribution in [0.15, 0.2) is 265 Å². The van der Waals surface area contributed by atoms with E-state index in [0.717, 1.165) is 56.6 Å². The predicted octanol–water partition coefficient (Wildman–Crippen LogP) is 18.9. The summed E-state index contributed by atoms with van der Waals surface area (Å²) in [5.74, 6) is 1.61. The van der Waals surface area contributed by atoms with Gasteiger partial charge in [0, 0.05) is 72.7 Å². The second-order valence-electron chi connectivity index (χ2n) is 21.4. The molecule has 2 aromatic heterocycles. The van der Waals surface area contributed by atoms with E-state index in [1.165, 1.54) is 83.2 Å². The molecule has 4 nitrogen and oxygen atoms in total. The molecule has 5 unspecified atom stereocenters. The SMILES string of the molecule is CC1C=C(C2C=CC3=C(C2)c2ccc4c(c2-c2cccc5c6ccccc6n3c25)OC2C=CC=CC42)C=CC1N(c1ccc(-c2ccc(-c3ccccc3)cc2)cc1)c1ccc(-c2cccc3c2oc2ccccc23)cc1. The second-order valence-corrected chi connectivity index (χ2v) is 21.4. The third-order valence-corrected chi connectivity index (χ3v) is 17.2. The van der Waals surface area contributed by atoms with Gasteiger partial charge in [0.2, 0.25) is 0 Å². The van der Waals surface area contributed by atoms with Crippen LogP contribution in [0.3, 0.4) is 0 Å². The Hall–Kier alpha value is -9.38. The lowest BCUT2D eigenvalue weighted by atomic mass is 9.78. The molecule has 11 aromatic rings. The highest BCUT2D eigenvalue weighted by Gasteiger charge is 2.39. The molecule has 5 atom stereocenters. The Labute approximate surface area is 447 Å². The van der Waals surface area contributed by atoms with Crippen LogP contribution < -0.4 is 9.64 Å². The fourth-order valence-electron chi connectivity index (χ4n) is 13.5. The fourth-order valence-corrected chi connectivity index (χ4v) is 13.5. The molecule has 366 valence electrons. The van der Waals surface area contributed by atoms with E-state index < -0.39 is 0 Å². The third kappa shape index (κ3) is 6.91. The molecule has 3 aliphatic carbocycles. The number of rotatable bonds is 7. The average molecular weight is 989 g/mol. The van der Waals surface area contributed by atoms with Gasteiger partial charge in [-0.25, -0.2) is 0 Å². The van der Waals surface area contributed by atoms with Crippen molar-refractivity contribution in [2.24, 2.45) is 11.8 Å². The number of nitrogens with zero attached hydrogens (tertiary/aromatic N) is 2. The number of allylic oxidation sites excluding steroid dienone is 8. The van der Waals surface area contributed by atoms with Gasteiger partial charge in [-0.15, -0.1) is 0 Å². The summed E-state index contributed by atoms with van der Waals surface area (Å²) in [4.78, 5) is 2.53. The third-order valence-electron chi connectivity index (χ3n) is 17.2. The van der Waals surface area contributed by atoms with Gasteiger partial charge in [-0.05, 0) is 105 Å². The van der Waals surface area contributed by atoms with Gasteiger partial charge in [0.05, 0.1) is 17.1 Å². The molecule has 0 bridgehead atoms. The quantitative estimate of drug-likeness (QED) is 0.159. The molecular formula is C73H52N2O2. The van der Waals surface area contributed by atoms with Crippen LogP contribution in [-0.2, 0) is 0 Å². The molecule has 0 saturated heterocycles. The summed E-state index contributed by atoms with van der Waals surface area (Å²) in [6.07, 6.45) is 22.0. The monoisotopic (exact) mass is 988 g/mol. The minimum absolute atomic E-state index is 0.000177. The van der Waals surface area contributed by atoms with Crippen LogP contribution in [0.4, 0.5) is 11.4 Å². The normalized spacial score (nSPS) is 19.8. The number of anilines is 2. The van der Waals surface area contributed by atoms with Gasteiger partial charge in [-0.2, -0.15) is 0 Å². The van der Waals surface area contributed by atoms with E-state index in [2.05, 4.69) is 265 Å². The van der Waals surface area contributed by atoms with E-state index in [1.54, 1.807) is 0 Å². The van der Waals surface area contributed by atoms with Gasteiger partial charge in [-0.3, -0.25) is 0 Å². The van der Waals surface area contributed by atoms with Crippen LogP contribution in [-0.4, -0.2) is 16.7 Å². The van der Waals surface area contributed by atoms with Crippen LogP contribution >= 0.6 is 0 Å². The van der Waals surface area contributed by atoms with Gasteiger partial charge < -0.3 is 18.6 Å². The van der Waals surface area contributed by atoms with Gasteiger partial charge in [0.15, 0.2) is 0 Å². The maximum Gasteiger partial charge on any atom is 0.143 e. The zero-order chi connectivity index (χ0) is 50.7. The molecule has 0 N–H and O–H groups in total. The van der Waals surface area contributed by atoms with Crippen molar-refractivity contribution < 1.29 is 9.15 Å². The van der Waals surface area contributed by atoms with Crippen LogP contribution in [0.2, 0.25) is 0 Å². The minimum atomic E-state index is -0.000177. The summed E-state index contributed by atoms with van der Waals surface area (Å²) >= 11 is 0. The van der Waals surface area contributed by atoms with E-state index in [0.29, 0.717) is 0 Å². The van der Waals surface area contributed by atoms with Crippen molar-refractivity contribution in [2.45, 2.75) is 31.4 Å². The number of fused-ring (bicyclic) bond motifs is 14. The van der Waals surface area contributed by atoms with Crippen molar-refractivity contribution in [1.29, 1.82) is 0 Å². The van der Waals surface area contributed by atoms with E-state index in [4.69, 9.17) is 9.15 Å². The average Bonchev–Trinajstić information content (AvgIpc) is 4.16. The van der Waals surface area contributed by atoms with Crippen molar-refractivity contribution in [3.63, 3.8) is 0 Å². The van der Waals surface area contributed by atoms with Crippen LogP contribution in [0.1, 0.15) is 30.4 Å². The lowest BCUT2D eigenvalue weighted by Crippen LogP contribution is -2.36. The Kier molecular flexibility index (Phi) is 9.90. The summed E-state index contributed by atoms with van der Waals surface area (Å²) < 4.78 is 16.1. The van der Waals surface area contributed by atoms with Crippen molar-refractivity contribution in [3.8, 4) is 50.3 Å². The molecule has 16 rings (SSSR count). The topological polar surface area (TPSA) is 30.5 Å². The zero-order valence-electron chi connectivity index (χ0n) is 42.6. The number of aromatic nitrogens is 1. The summed E-state index contributed by atoms with van der Waals surface area (Å²) in [6, 6.07) is 73.1. The Balaban J connectivity index is 0.762. The summed E-state index contributed by atoms with van der Waals surface area (Å²) in [7, 11) is 0. The van der Waals surface area contributed by atoms with E-state index >= 15 is 0 Å². The molecular weight excluding hydrogens is 937 g/mol. The molecule has 0 amide bonds. The van der Waals surface area contributed by atoms with Crippen molar-refractivity contribution in [1.82, 2.24) is 4.57 Å². The maximum absolute atomic E-state index is 7.02. The Morgan fingerprint density at radius 3 is 1.94 bits per heavy atom. The van der Waals surface area contributed by atoms with Gasteiger partial charge in [0.25, 0.3) is 0 Å². The molecule has 0 radical (unpaired) electrons. The van der Waals surface area contributed by atoms with Crippen LogP contribution in [0, 0.1) is 11.8 Å². The Bertz CT molecular complexity index is 4410. The summed E-state index contributed by atoms with van der Waals surface area (Å²) in [6.45, 7) is 2.39. The number of para-hydroxylation sites is 4. The molecule has 0 saturated carbocycles. The summed E-state index contributed by atoms with van der Waals surface area (Å²) in [5.41, 5.74) is 22.6. The lowest BCUT2D eigenvalue weighted by Gasteiger charge is -2.38. The van der Waals surface area contributed by atoms with E-state index in [1.807, 2.05) is 6.07 Å². The first-order chi connectivity index (χ1) is 38.1. The first kappa shape index (κ1) is 44.0. The number of ether oxygens (including phenoxy) is 1. The highest BCUT2D eigenvalue weighted by Crippen LogP contribution is 2.56. The standard InChI is InChI=1S/C73H52N2O2/c1-45-43-51(52-34-42-67-64(44-52)59-39-40-62-58-17-7-10-24-69(58)77-73(62)70(59)63-21-12-19-60-56-15-5-8-22-66(56)75(67)71(60)63)33-41-65(45)74(53-35-29-49(30-36-53)48-27-25-47(26-28-48)46-13-3-2-4-14-46)54-37-31-50(32-38-54)55-18-11-20-61-57-16-6-9-23-68(57)76-72(55)61/h2-43,45,52,58,65,69H,44H2,1H3. The largest absolute Gasteiger partial charge is 0.484 e. The predicted molar refractivity (Wildman–Crippen MR) is 319 cm³/mol. The number of benzene rings is 9. The molecule has 0 spiro atoms. The second kappa shape index (κ2) is 17.3. The molecule has 77 heavy (non-hydrogen) atoms. The maximum atomic E-state index is 7.02. The van der Waals surface area contributed by atoms with Gasteiger partial charge >= 0.3 is 0 Å². The first-order valence-corrected chi connectivity index (χ1v) is 27.2. The molecule has 4 heterocycles. The zero-order valence-corrected chi connectivity index (χ0v) is 42.6. The highest BCUT2D eigenvalue weighted by molar-refractivity contribution is 6.19. The molecule has 5 aliphatic rings. The minimum Gasteiger partial charge on any atom is -0.484 e. The number of furan rings is 1. The first-order valence-electron chi connectivity index (χ1n) is 27.2.